The molecule has 4 nitrogen and oxygen atoms in total. The van der Waals surface area contributed by atoms with Gasteiger partial charge in [-0.15, -0.1) is 0 Å². The van der Waals surface area contributed by atoms with Crippen LogP contribution in [0.1, 0.15) is 6.42 Å². The Morgan fingerprint density at radius 1 is 1.70 bits per heavy atom. The molecule has 1 rings (SSSR count). The quantitative estimate of drug-likeness (QED) is 0.502. The number of hydrogen-bond acceptors (Lipinski definition) is 3. The predicted molar refractivity (Wildman–Crippen MR) is 36.7 cm³/mol. The van der Waals surface area contributed by atoms with Crippen molar-refractivity contribution in [3.05, 3.63) is 0 Å². The van der Waals surface area contributed by atoms with E-state index < -0.39 is 12.0 Å². The number of nitrogens with zero attached hydrogens (tertiary/aromatic N) is 1. The normalized spacial score (nSPS) is 20.5. The fourth-order valence-corrected chi connectivity index (χ4v) is 0.739. The summed E-state index contributed by atoms with van der Waals surface area (Å²) >= 11 is 0. The van der Waals surface area contributed by atoms with E-state index in [0.29, 0.717) is 6.42 Å². The maximum Gasteiger partial charge on any atom is 0.320 e. The zero-order valence-corrected chi connectivity index (χ0v) is 5.79. The fraction of sp³-hybridized carbons (Fsp3) is 0.833. The summed E-state index contributed by atoms with van der Waals surface area (Å²) in [5, 5.41) is 8.37. The fourth-order valence-electron chi connectivity index (χ4n) is 0.739. The van der Waals surface area contributed by atoms with Crippen molar-refractivity contribution in [2.75, 3.05) is 19.6 Å². The molecule has 58 valence electrons. The van der Waals surface area contributed by atoms with Crippen molar-refractivity contribution in [3.8, 4) is 0 Å². The molecule has 0 amide bonds. The Bertz CT molecular complexity index is 134. The standard InChI is InChI=1S/C6H12N2O2/c7-5(6(9)10)1-2-8-3-4-8/h5H,1-4,7H2,(H,9,10). The minimum atomic E-state index is -0.901. The monoisotopic (exact) mass is 144 g/mol. The van der Waals surface area contributed by atoms with Crippen LogP contribution in [0.3, 0.4) is 0 Å². The molecule has 1 fully saturated rings. The van der Waals surface area contributed by atoms with E-state index in [-0.39, 0.29) is 0 Å². The second kappa shape index (κ2) is 2.98. The van der Waals surface area contributed by atoms with Gasteiger partial charge in [0.25, 0.3) is 0 Å². The van der Waals surface area contributed by atoms with Crippen molar-refractivity contribution in [3.63, 3.8) is 0 Å². The molecule has 0 aromatic rings. The highest BCUT2D eigenvalue weighted by atomic mass is 16.4. The second-order valence-corrected chi connectivity index (χ2v) is 2.58. The molecule has 0 aliphatic carbocycles. The Morgan fingerprint density at radius 2 is 2.30 bits per heavy atom. The van der Waals surface area contributed by atoms with Gasteiger partial charge in [-0.25, -0.2) is 0 Å². The lowest BCUT2D eigenvalue weighted by Crippen LogP contribution is -2.31. The number of hydrogen-bond donors (Lipinski definition) is 2. The first-order valence-electron chi connectivity index (χ1n) is 3.41. The topological polar surface area (TPSA) is 66.3 Å². The van der Waals surface area contributed by atoms with Gasteiger partial charge in [0.1, 0.15) is 6.04 Å². The number of carboxylic acids is 1. The van der Waals surface area contributed by atoms with Gasteiger partial charge in [-0.3, -0.25) is 4.79 Å². The molecule has 3 N–H and O–H groups in total. The van der Waals surface area contributed by atoms with E-state index in [2.05, 4.69) is 4.90 Å². The molecule has 0 saturated carbocycles. The van der Waals surface area contributed by atoms with E-state index in [1.807, 2.05) is 0 Å². The summed E-state index contributed by atoms with van der Waals surface area (Å²) in [5.74, 6) is -0.901. The number of nitrogens with two attached hydrogens (primary N) is 1. The molecule has 1 aliphatic heterocycles. The number of carboxylic acid groups (broad SMARTS) is 1. The molecular weight excluding hydrogens is 132 g/mol. The molecule has 0 aromatic carbocycles. The van der Waals surface area contributed by atoms with Gasteiger partial charge in [-0.1, -0.05) is 0 Å². The SMILES string of the molecule is NC(CCN1CC1)C(=O)O. The Hall–Kier alpha value is -0.610. The largest absolute Gasteiger partial charge is 0.480 e. The van der Waals surface area contributed by atoms with Gasteiger partial charge in [0.15, 0.2) is 0 Å². The molecular formula is C6H12N2O2. The van der Waals surface area contributed by atoms with E-state index in [0.717, 1.165) is 19.6 Å². The van der Waals surface area contributed by atoms with Gasteiger partial charge in [0.05, 0.1) is 0 Å². The van der Waals surface area contributed by atoms with Crippen LogP contribution in [0, 0.1) is 0 Å². The van der Waals surface area contributed by atoms with Gasteiger partial charge in [-0.05, 0) is 6.42 Å². The molecule has 0 spiro atoms. The lowest BCUT2D eigenvalue weighted by Gasteiger charge is -2.04. The minimum absolute atomic E-state index is 0.565. The summed E-state index contributed by atoms with van der Waals surface area (Å²) in [5.41, 5.74) is 5.27. The molecule has 0 bridgehead atoms. The molecule has 1 aliphatic rings. The highest BCUT2D eigenvalue weighted by Gasteiger charge is 2.19. The number of aliphatic carboxylic acids is 1. The molecule has 0 aromatic heterocycles. The first kappa shape index (κ1) is 7.50. The van der Waals surface area contributed by atoms with Gasteiger partial charge in [0, 0.05) is 19.6 Å². The molecule has 10 heavy (non-hydrogen) atoms. The molecule has 0 radical (unpaired) electrons. The van der Waals surface area contributed by atoms with Crippen molar-refractivity contribution < 1.29 is 9.90 Å². The summed E-state index contributed by atoms with van der Waals surface area (Å²) in [6.07, 6.45) is 0.565. The Labute approximate surface area is 59.6 Å². The Morgan fingerprint density at radius 3 is 2.70 bits per heavy atom. The van der Waals surface area contributed by atoms with Crippen molar-refractivity contribution in [1.82, 2.24) is 4.90 Å². The lowest BCUT2D eigenvalue weighted by atomic mass is 10.2. The third kappa shape index (κ3) is 2.33. The van der Waals surface area contributed by atoms with Crippen LogP contribution in [0.4, 0.5) is 0 Å². The highest BCUT2D eigenvalue weighted by molar-refractivity contribution is 5.72. The van der Waals surface area contributed by atoms with Gasteiger partial charge < -0.3 is 15.7 Å². The van der Waals surface area contributed by atoms with Crippen LogP contribution in [0.15, 0.2) is 0 Å². The van der Waals surface area contributed by atoms with Crippen LogP contribution < -0.4 is 5.73 Å². The summed E-state index contributed by atoms with van der Waals surface area (Å²) in [6, 6.07) is -0.680. The average molecular weight is 144 g/mol. The first-order chi connectivity index (χ1) is 4.70. The number of carbonyl (C=O) groups is 1. The minimum Gasteiger partial charge on any atom is -0.480 e. The van der Waals surface area contributed by atoms with Crippen molar-refractivity contribution >= 4 is 5.97 Å². The van der Waals surface area contributed by atoms with Crippen LogP contribution in [-0.2, 0) is 4.79 Å². The van der Waals surface area contributed by atoms with Gasteiger partial charge >= 0.3 is 5.97 Å². The Kier molecular flexibility index (Phi) is 2.24. The smallest absolute Gasteiger partial charge is 0.320 e. The third-order valence-corrected chi connectivity index (χ3v) is 1.61. The zero-order chi connectivity index (χ0) is 7.56. The van der Waals surface area contributed by atoms with E-state index in [1.165, 1.54) is 0 Å². The zero-order valence-electron chi connectivity index (χ0n) is 5.79. The highest BCUT2D eigenvalue weighted by Crippen LogP contribution is 2.04. The molecule has 4 heteroatoms. The van der Waals surface area contributed by atoms with Crippen LogP contribution in [0.25, 0.3) is 0 Å². The van der Waals surface area contributed by atoms with Gasteiger partial charge in [-0.2, -0.15) is 0 Å². The molecule has 1 unspecified atom stereocenters. The van der Waals surface area contributed by atoms with E-state index in [4.69, 9.17) is 10.8 Å². The van der Waals surface area contributed by atoms with Crippen molar-refractivity contribution in [1.29, 1.82) is 0 Å². The summed E-state index contributed by atoms with van der Waals surface area (Å²) in [6.45, 7) is 3.03. The molecule has 1 atom stereocenters. The predicted octanol–water partition coefficient (Wildman–Crippen LogP) is -0.896. The molecule has 1 heterocycles. The average Bonchev–Trinajstić information content (AvgIpc) is 2.64. The van der Waals surface area contributed by atoms with Gasteiger partial charge in [0.2, 0.25) is 0 Å². The summed E-state index contributed by atoms with van der Waals surface area (Å²) < 4.78 is 0. The third-order valence-electron chi connectivity index (χ3n) is 1.61. The van der Waals surface area contributed by atoms with Crippen molar-refractivity contribution in [2.24, 2.45) is 5.73 Å². The second-order valence-electron chi connectivity index (χ2n) is 2.58. The number of rotatable bonds is 4. The summed E-state index contributed by atoms with van der Waals surface area (Å²) in [4.78, 5) is 12.3. The first-order valence-corrected chi connectivity index (χ1v) is 3.41. The summed E-state index contributed by atoms with van der Waals surface area (Å²) in [7, 11) is 0. The van der Waals surface area contributed by atoms with Crippen LogP contribution in [-0.4, -0.2) is 41.7 Å². The van der Waals surface area contributed by atoms with Crippen molar-refractivity contribution in [2.45, 2.75) is 12.5 Å². The Balaban J connectivity index is 2.05. The van der Waals surface area contributed by atoms with Crippen LogP contribution >= 0.6 is 0 Å². The molecule has 1 saturated heterocycles. The van der Waals surface area contributed by atoms with Crippen LogP contribution in [0.2, 0.25) is 0 Å². The van der Waals surface area contributed by atoms with E-state index in [9.17, 15) is 4.79 Å². The lowest BCUT2D eigenvalue weighted by molar-refractivity contribution is -0.138. The maximum absolute atomic E-state index is 10.2. The van der Waals surface area contributed by atoms with Crippen LogP contribution in [0.5, 0.6) is 0 Å². The van der Waals surface area contributed by atoms with E-state index in [1.54, 1.807) is 0 Å². The maximum atomic E-state index is 10.2. The van der Waals surface area contributed by atoms with E-state index >= 15 is 0 Å².